The van der Waals surface area contributed by atoms with Crippen LogP contribution < -0.4 is 14.8 Å². The zero-order chi connectivity index (χ0) is 16.9. The minimum absolute atomic E-state index is 0.138. The Morgan fingerprint density at radius 3 is 2.43 bits per heavy atom. The molecule has 7 heteroatoms. The summed E-state index contributed by atoms with van der Waals surface area (Å²) in [7, 11) is -2.16. The molecule has 122 valence electrons. The van der Waals surface area contributed by atoms with Gasteiger partial charge in [0.15, 0.2) is 0 Å². The highest BCUT2D eigenvalue weighted by Gasteiger charge is 2.14. The summed E-state index contributed by atoms with van der Waals surface area (Å²) in [4.78, 5) is 11.0. The van der Waals surface area contributed by atoms with Crippen LogP contribution in [0.15, 0.2) is 53.4 Å². The zero-order valence-electron chi connectivity index (χ0n) is 12.9. The number of hydrogen-bond acceptors (Lipinski definition) is 4. The Morgan fingerprint density at radius 1 is 1.13 bits per heavy atom. The monoisotopic (exact) mass is 334 g/mol. The Balaban J connectivity index is 2.14. The predicted octanol–water partition coefficient (Wildman–Crippen LogP) is 2.13. The minimum Gasteiger partial charge on any atom is -0.497 e. The van der Waals surface area contributed by atoms with Crippen LogP contribution in [0.3, 0.4) is 0 Å². The van der Waals surface area contributed by atoms with Crippen molar-refractivity contribution in [3.63, 3.8) is 0 Å². The van der Waals surface area contributed by atoms with E-state index in [1.54, 1.807) is 36.4 Å². The molecule has 0 radical (unpaired) electrons. The number of ether oxygens (including phenoxy) is 1. The van der Waals surface area contributed by atoms with Crippen molar-refractivity contribution in [2.24, 2.45) is 0 Å². The average molecular weight is 334 g/mol. The molecule has 2 aromatic rings. The average Bonchev–Trinajstić information content (AvgIpc) is 2.53. The van der Waals surface area contributed by atoms with Crippen molar-refractivity contribution in [2.45, 2.75) is 18.4 Å². The molecule has 0 aromatic heterocycles. The Labute approximate surface area is 135 Å². The van der Waals surface area contributed by atoms with Gasteiger partial charge in [0.2, 0.25) is 5.91 Å². The van der Waals surface area contributed by atoms with E-state index in [4.69, 9.17) is 4.74 Å². The maximum Gasteiger partial charge on any atom is 0.261 e. The number of hydrogen-bond donors (Lipinski definition) is 2. The van der Waals surface area contributed by atoms with Gasteiger partial charge in [-0.25, -0.2) is 8.42 Å². The van der Waals surface area contributed by atoms with Crippen LogP contribution in [0.25, 0.3) is 0 Å². The molecule has 23 heavy (non-hydrogen) atoms. The van der Waals surface area contributed by atoms with Crippen molar-refractivity contribution in [3.8, 4) is 5.75 Å². The van der Waals surface area contributed by atoms with Gasteiger partial charge in [-0.05, 0) is 29.8 Å². The first-order valence-electron chi connectivity index (χ1n) is 6.91. The second-order valence-electron chi connectivity index (χ2n) is 4.89. The van der Waals surface area contributed by atoms with Crippen LogP contribution in [0.2, 0.25) is 0 Å². The van der Waals surface area contributed by atoms with Crippen LogP contribution in [0, 0.1) is 0 Å². The van der Waals surface area contributed by atoms with Gasteiger partial charge in [-0.2, -0.15) is 0 Å². The SMILES string of the molecule is COc1cccc(NS(=O)(=O)c2ccc(CNC(C)=O)cc2)c1. The van der Waals surface area contributed by atoms with Crippen LogP contribution in [-0.2, 0) is 21.4 Å². The van der Waals surface area contributed by atoms with E-state index in [0.29, 0.717) is 18.0 Å². The third-order valence-electron chi connectivity index (χ3n) is 3.10. The van der Waals surface area contributed by atoms with Gasteiger partial charge in [0.25, 0.3) is 10.0 Å². The lowest BCUT2D eigenvalue weighted by Crippen LogP contribution is -2.19. The Morgan fingerprint density at radius 2 is 1.83 bits per heavy atom. The number of carbonyl (C=O) groups is 1. The molecule has 2 aromatic carbocycles. The van der Waals surface area contributed by atoms with Gasteiger partial charge in [-0.3, -0.25) is 9.52 Å². The minimum atomic E-state index is -3.68. The normalized spacial score (nSPS) is 10.9. The van der Waals surface area contributed by atoms with Crippen molar-refractivity contribution in [1.29, 1.82) is 0 Å². The number of rotatable bonds is 6. The first-order chi connectivity index (χ1) is 10.9. The molecule has 0 bridgehead atoms. The number of amides is 1. The number of carbonyl (C=O) groups excluding carboxylic acids is 1. The largest absolute Gasteiger partial charge is 0.497 e. The van der Waals surface area contributed by atoms with E-state index >= 15 is 0 Å². The summed E-state index contributed by atoms with van der Waals surface area (Å²) in [6, 6.07) is 13.0. The summed E-state index contributed by atoms with van der Waals surface area (Å²) in [6.07, 6.45) is 0. The molecule has 6 nitrogen and oxygen atoms in total. The number of nitrogens with one attached hydrogen (secondary N) is 2. The molecule has 0 saturated heterocycles. The van der Waals surface area contributed by atoms with Gasteiger partial charge >= 0.3 is 0 Å². The van der Waals surface area contributed by atoms with Gasteiger partial charge in [-0.15, -0.1) is 0 Å². The first kappa shape index (κ1) is 16.8. The van der Waals surface area contributed by atoms with Crippen molar-refractivity contribution in [2.75, 3.05) is 11.8 Å². The maximum absolute atomic E-state index is 12.4. The molecule has 0 aliphatic heterocycles. The number of sulfonamides is 1. The molecule has 0 aliphatic carbocycles. The Hall–Kier alpha value is -2.54. The summed E-state index contributed by atoms with van der Waals surface area (Å²) in [5, 5.41) is 2.65. The molecule has 2 N–H and O–H groups in total. The maximum atomic E-state index is 12.4. The highest BCUT2D eigenvalue weighted by Crippen LogP contribution is 2.20. The van der Waals surface area contributed by atoms with Crippen LogP contribution in [-0.4, -0.2) is 21.4 Å². The van der Waals surface area contributed by atoms with Gasteiger partial charge in [0.1, 0.15) is 5.75 Å². The van der Waals surface area contributed by atoms with E-state index < -0.39 is 10.0 Å². The quantitative estimate of drug-likeness (QED) is 0.847. The molecule has 0 spiro atoms. The van der Waals surface area contributed by atoms with Gasteiger partial charge in [0.05, 0.1) is 17.7 Å². The van der Waals surface area contributed by atoms with E-state index in [1.807, 2.05) is 0 Å². The summed E-state index contributed by atoms with van der Waals surface area (Å²) in [5.74, 6) is 0.428. The van der Waals surface area contributed by atoms with E-state index in [9.17, 15) is 13.2 Å². The van der Waals surface area contributed by atoms with Gasteiger partial charge in [-0.1, -0.05) is 18.2 Å². The molecular weight excluding hydrogens is 316 g/mol. The highest BCUT2D eigenvalue weighted by atomic mass is 32.2. The second kappa shape index (κ2) is 7.15. The van der Waals surface area contributed by atoms with Crippen LogP contribution >= 0.6 is 0 Å². The fourth-order valence-electron chi connectivity index (χ4n) is 1.91. The lowest BCUT2D eigenvalue weighted by molar-refractivity contribution is -0.119. The van der Waals surface area contributed by atoms with E-state index in [-0.39, 0.29) is 10.8 Å². The van der Waals surface area contributed by atoms with Crippen LogP contribution in [0.5, 0.6) is 5.75 Å². The fourth-order valence-corrected chi connectivity index (χ4v) is 2.96. The van der Waals surface area contributed by atoms with Gasteiger partial charge < -0.3 is 10.1 Å². The molecule has 1 amide bonds. The summed E-state index contributed by atoms with van der Waals surface area (Å²) in [5.41, 5.74) is 1.24. The summed E-state index contributed by atoms with van der Waals surface area (Å²) < 4.78 is 32.3. The number of methoxy groups -OCH3 is 1. The van der Waals surface area contributed by atoms with E-state index in [2.05, 4.69) is 10.0 Å². The van der Waals surface area contributed by atoms with Crippen molar-refractivity contribution >= 4 is 21.6 Å². The first-order valence-corrected chi connectivity index (χ1v) is 8.39. The molecule has 0 heterocycles. The number of benzene rings is 2. The second-order valence-corrected chi connectivity index (χ2v) is 6.57. The Bertz CT molecular complexity index is 786. The smallest absolute Gasteiger partial charge is 0.261 e. The lowest BCUT2D eigenvalue weighted by atomic mass is 10.2. The molecule has 0 aliphatic rings. The fraction of sp³-hybridized carbons (Fsp3) is 0.188. The molecule has 0 unspecified atom stereocenters. The van der Waals surface area contributed by atoms with Crippen molar-refractivity contribution in [1.82, 2.24) is 5.32 Å². The van der Waals surface area contributed by atoms with Crippen molar-refractivity contribution < 1.29 is 17.9 Å². The molecule has 0 saturated carbocycles. The van der Waals surface area contributed by atoms with E-state index in [1.165, 1.54) is 26.2 Å². The van der Waals surface area contributed by atoms with Gasteiger partial charge in [0, 0.05) is 19.5 Å². The standard InChI is InChI=1S/C16H18N2O4S/c1-12(19)17-11-13-6-8-16(9-7-13)23(20,21)18-14-4-3-5-15(10-14)22-2/h3-10,18H,11H2,1-2H3,(H,17,19). The van der Waals surface area contributed by atoms with Crippen LogP contribution in [0.1, 0.15) is 12.5 Å². The summed E-state index contributed by atoms with van der Waals surface area (Å²) in [6.45, 7) is 1.79. The Kier molecular flexibility index (Phi) is 5.23. The summed E-state index contributed by atoms with van der Waals surface area (Å²) >= 11 is 0. The third kappa shape index (κ3) is 4.72. The lowest BCUT2D eigenvalue weighted by Gasteiger charge is -2.10. The van der Waals surface area contributed by atoms with E-state index in [0.717, 1.165) is 5.56 Å². The van der Waals surface area contributed by atoms with Crippen LogP contribution in [0.4, 0.5) is 5.69 Å². The van der Waals surface area contributed by atoms with Crippen molar-refractivity contribution in [3.05, 3.63) is 54.1 Å². The highest BCUT2D eigenvalue weighted by molar-refractivity contribution is 7.92. The third-order valence-corrected chi connectivity index (χ3v) is 4.49. The topological polar surface area (TPSA) is 84.5 Å². The molecule has 0 atom stereocenters. The molecular formula is C16H18N2O4S. The predicted molar refractivity (Wildman–Crippen MR) is 87.8 cm³/mol. The molecule has 2 rings (SSSR count). The zero-order valence-corrected chi connectivity index (χ0v) is 13.7. The molecule has 0 fully saturated rings. The number of anilines is 1.